The number of carbonyl (C=O) groups excluding carboxylic acids is 1. The van der Waals surface area contributed by atoms with Crippen LogP contribution in [0.3, 0.4) is 0 Å². The molecule has 2 aliphatic heterocycles. The molecule has 0 aromatic heterocycles. The van der Waals surface area contributed by atoms with Gasteiger partial charge in [-0.2, -0.15) is 0 Å². The molecular weight excluding hydrogens is 352 g/mol. The number of amides is 1. The molecule has 1 saturated carbocycles. The quantitative estimate of drug-likeness (QED) is 0.853. The molecule has 3 aliphatic rings. The van der Waals surface area contributed by atoms with Crippen molar-refractivity contribution in [1.82, 2.24) is 4.90 Å². The van der Waals surface area contributed by atoms with Gasteiger partial charge in [0.1, 0.15) is 23.8 Å². The van der Waals surface area contributed by atoms with E-state index in [9.17, 15) is 4.79 Å². The Hall–Kier alpha value is -2.69. The Morgan fingerprint density at radius 2 is 1.96 bits per heavy atom. The van der Waals surface area contributed by atoms with Gasteiger partial charge in [0.25, 0.3) is 5.91 Å². The number of hydrogen-bond acceptors (Lipinski definition) is 4. The Morgan fingerprint density at radius 3 is 2.75 bits per heavy atom. The van der Waals surface area contributed by atoms with E-state index in [4.69, 9.17) is 9.47 Å². The second-order valence-corrected chi connectivity index (χ2v) is 8.08. The van der Waals surface area contributed by atoms with E-state index >= 15 is 0 Å². The van der Waals surface area contributed by atoms with Crippen LogP contribution in [0, 0.1) is 0 Å². The molecule has 146 valence electrons. The Bertz CT molecular complexity index is 920. The SMILES string of the molecule is COc1cc2c(cc1C1Nc3ccccc3C(=O)N1C1CCCC1)OC(C)C2. The summed E-state index contributed by atoms with van der Waals surface area (Å²) in [6.45, 7) is 2.08. The van der Waals surface area contributed by atoms with Gasteiger partial charge in [0.05, 0.1) is 12.7 Å². The molecule has 1 amide bonds. The zero-order chi connectivity index (χ0) is 19.3. The maximum absolute atomic E-state index is 13.5. The van der Waals surface area contributed by atoms with Crippen LogP contribution in [0.4, 0.5) is 5.69 Å². The summed E-state index contributed by atoms with van der Waals surface area (Å²) < 4.78 is 11.8. The number of rotatable bonds is 3. The Kier molecular flexibility index (Phi) is 4.18. The molecule has 0 radical (unpaired) electrons. The lowest BCUT2D eigenvalue weighted by Gasteiger charge is -2.42. The van der Waals surface area contributed by atoms with Gasteiger partial charge in [-0.15, -0.1) is 0 Å². The summed E-state index contributed by atoms with van der Waals surface area (Å²) in [6.07, 6.45) is 5.24. The van der Waals surface area contributed by atoms with Crippen molar-refractivity contribution in [3.8, 4) is 11.5 Å². The second kappa shape index (κ2) is 6.73. The number of nitrogens with one attached hydrogen (secondary N) is 1. The Morgan fingerprint density at radius 1 is 1.18 bits per heavy atom. The van der Waals surface area contributed by atoms with Crippen LogP contribution in [0.2, 0.25) is 0 Å². The number of para-hydroxylation sites is 1. The van der Waals surface area contributed by atoms with Crippen molar-refractivity contribution in [2.24, 2.45) is 0 Å². The van der Waals surface area contributed by atoms with E-state index in [-0.39, 0.29) is 24.2 Å². The molecule has 0 saturated heterocycles. The molecule has 2 heterocycles. The molecule has 5 nitrogen and oxygen atoms in total. The molecule has 5 heteroatoms. The summed E-state index contributed by atoms with van der Waals surface area (Å²) in [6, 6.07) is 12.2. The van der Waals surface area contributed by atoms with Crippen molar-refractivity contribution in [3.63, 3.8) is 0 Å². The van der Waals surface area contributed by atoms with Gasteiger partial charge < -0.3 is 19.7 Å². The second-order valence-electron chi connectivity index (χ2n) is 8.08. The number of nitrogens with zero attached hydrogens (tertiary/aromatic N) is 1. The van der Waals surface area contributed by atoms with Crippen LogP contribution >= 0.6 is 0 Å². The predicted molar refractivity (Wildman–Crippen MR) is 108 cm³/mol. The van der Waals surface area contributed by atoms with Crippen LogP contribution in [0.5, 0.6) is 11.5 Å². The fourth-order valence-corrected chi connectivity index (χ4v) is 4.90. The highest BCUT2D eigenvalue weighted by Crippen LogP contribution is 2.44. The van der Waals surface area contributed by atoms with Gasteiger partial charge in [0.2, 0.25) is 0 Å². The van der Waals surface area contributed by atoms with Gasteiger partial charge in [0.15, 0.2) is 0 Å². The highest BCUT2D eigenvalue weighted by molar-refractivity contribution is 6.02. The van der Waals surface area contributed by atoms with Gasteiger partial charge in [-0.25, -0.2) is 0 Å². The summed E-state index contributed by atoms with van der Waals surface area (Å²) in [5.74, 6) is 1.81. The maximum Gasteiger partial charge on any atom is 0.258 e. The number of carbonyl (C=O) groups is 1. The smallest absolute Gasteiger partial charge is 0.258 e. The van der Waals surface area contributed by atoms with Crippen LogP contribution in [0.25, 0.3) is 0 Å². The van der Waals surface area contributed by atoms with Gasteiger partial charge in [-0.1, -0.05) is 25.0 Å². The van der Waals surface area contributed by atoms with Gasteiger partial charge in [-0.3, -0.25) is 4.79 Å². The molecule has 2 aromatic carbocycles. The largest absolute Gasteiger partial charge is 0.496 e. The minimum atomic E-state index is -0.259. The van der Waals surface area contributed by atoms with Crippen molar-refractivity contribution in [2.75, 3.05) is 12.4 Å². The third-order valence-electron chi connectivity index (χ3n) is 6.22. The third-order valence-corrected chi connectivity index (χ3v) is 6.22. The molecule has 0 bridgehead atoms. The summed E-state index contributed by atoms with van der Waals surface area (Å²) in [5.41, 5.74) is 3.76. The zero-order valence-corrected chi connectivity index (χ0v) is 16.4. The number of anilines is 1. The number of benzene rings is 2. The number of methoxy groups -OCH3 is 1. The van der Waals surface area contributed by atoms with Gasteiger partial charge in [0, 0.05) is 29.3 Å². The minimum absolute atomic E-state index is 0.100. The predicted octanol–water partition coefficient (Wildman–Crippen LogP) is 4.53. The van der Waals surface area contributed by atoms with Crippen molar-refractivity contribution in [1.29, 1.82) is 0 Å². The first-order valence-corrected chi connectivity index (χ1v) is 10.2. The average molecular weight is 378 g/mol. The van der Waals surface area contributed by atoms with E-state index < -0.39 is 0 Å². The molecule has 0 spiro atoms. The van der Waals surface area contributed by atoms with Crippen molar-refractivity contribution in [2.45, 2.75) is 57.3 Å². The first-order valence-electron chi connectivity index (χ1n) is 10.2. The lowest BCUT2D eigenvalue weighted by Crippen LogP contribution is -2.47. The highest BCUT2D eigenvalue weighted by Gasteiger charge is 2.40. The van der Waals surface area contributed by atoms with E-state index in [1.807, 2.05) is 29.2 Å². The lowest BCUT2D eigenvalue weighted by atomic mass is 9.98. The van der Waals surface area contributed by atoms with Crippen LogP contribution in [0.15, 0.2) is 36.4 Å². The Labute approximate surface area is 165 Å². The molecule has 1 aliphatic carbocycles. The maximum atomic E-state index is 13.5. The van der Waals surface area contributed by atoms with Crippen molar-refractivity contribution < 1.29 is 14.3 Å². The topological polar surface area (TPSA) is 50.8 Å². The normalized spacial score (nSPS) is 23.8. The molecule has 2 aromatic rings. The average Bonchev–Trinajstić information content (AvgIpc) is 3.35. The zero-order valence-electron chi connectivity index (χ0n) is 16.4. The Balaban J connectivity index is 1.63. The lowest BCUT2D eigenvalue weighted by molar-refractivity contribution is 0.0582. The van der Waals surface area contributed by atoms with E-state index in [2.05, 4.69) is 24.4 Å². The highest BCUT2D eigenvalue weighted by atomic mass is 16.5. The fourth-order valence-electron chi connectivity index (χ4n) is 4.90. The minimum Gasteiger partial charge on any atom is -0.496 e. The molecule has 2 unspecified atom stereocenters. The van der Waals surface area contributed by atoms with Crippen LogP contribution in [-0.4, -0.2) is 30.1 Å². The van der Waals surface area contributed by atoms with Gasteiger partial charge in [-0.05, 0) is 44.0 Å². The van der Waals surface area contributed by atoms with E-state index in [1.165, 1.54) is 18.4 Å². The molecule has 2 atom stereocenters. The van der Waals surface area contributed by atoms with Crippen molar-refractivity contribution in [3.05, 3.63) is 53.1 Å². The summed E-state index contributed by atoms with van der Waals surface area (Å²) in [4.78, 5) is 15.5. The standard InChI is InChI=1S/C23H26N2O3/c1-14-11-15-12-21(27-2)18(13-20(15)28-14)22-24-19-10-6-5-9-17(19)23(26)25(22)16-7-3-4-8-16/h5-6,9-10,12-14,16,22,24H,3-4,7-8,11H2,1-2H3. The molecule has 1 N–H and O–H groups in total. The summed E-state index contributed by atoms with van der Waals surface area (Å²) in [5, 5.41) is 3.62. The van der Waals surface area contributed by atoms with E-state index in [1.54, 1.807) is 7.11 Å². The number of ether oxygens (including phenoxy) is 2. The van der Waals surface area contributed by atoms with E-state index in [0.29, 0.717) is 0 Å². The van der Waals surface area contributed by atoms with Crippen LogP contribution in [0.1, 0.15) is 60.3 Å². The molecule has 28 heavy (non-hydrogen) atoms. The van der Waals surface area contributed by atoms with Crippen LogP contribution in [-0.2, 0) is 6.42 Å². The first-order chi connectivity index (χ1) is 13.7. The molecule has 5 rings (SSSR count). The first kappa shape index (κ1) is 17.4. The third kappa shape index (κ3) is 2.72. The van der Waals surface area contributed by atoms with Crippen molar-refractivity contribution >= 4 is 11.6 Å². The molecule has 1 fully saturated rings. The monoisotopic (exact) mass is 378 g/mol. The summed E-state index contributed by atoms with van der Waals surface area (Å²) in [7, 11) is 1.70. The summed E-state index contributed by atoms with van der Waals surface area (Å²) >= 11 is 0. The van der Waals surface area contributed by atoms with E-state index in [0.717, 1.165) is 47.6 Å². The number of hydrogen-bond donors (Lipinski definition) is 1. The molecular formula is C23H26N2O3. The van der Waals surface area contributed by atoms with Crippen LogP contribution < -0.4 is 14.8 Å². The van der Waals surface area contributed by atoms with Gasteiger partial charge >= 0.3 is 0 Å². The fraction of sp³-hybridized carbons (Fsp3) is 0.435. The number of fused-ring (bicyclic) bond motifs is 2.